The lowest BCUT2D eigenvalue weighted by Gasteiger charge is -2.10. The standard InChI is InChI=1S/C16H11ClF2N2O2/c17-12-7-11(4-5-13(12)19)20-16(22)15-8-14(21-23-15)9-2-1-3-10(18)6-9/h1-7,15H,8H2,(H,20,22). The van der Waals surface area contributed by atoms with Gasteiger partial charge in [0.25, 0.3) is 5.91 Å². The SMILES string of the molecule is O=C(Nc1ccc(F)c(Cl)c1)C1CC(c2cccc(F)c2)=NO1. The van der Waals surface area contributed by atoms with Crippen LogP contribution in [0.5, 0.6) is 0 Å². The van der Waals surface area contributed by atoms with E-state index in [9.17, 15) is 13.6 Å². The van der Waals surface area contributed by atoms with E-state index in [0.717, 1.165) is 6.07 Å². The number of carbonyl (C=O) groups excluding carboxylic acids is 1. The van der Waals surface area contributed by atoms with Gasteiger partial charge in [-0.1, -0.05) is 28.9 Å². The minimum atomic E-state index is -0.836. The van der Waals surface area contributed by atoms with Crippen molar-refractivity contribution in [2.75, 3.05) is 5.32 Å². The van der Waals surface area contributed by atoms with Crippen molar-refractivity contribution in [3.63, 3.8) is 0 Å². The minimum absolute atomic E-state index is 0.0909. The van der Waals surface area contributed by atoms with Crippen molar-refractivity contribution in [2.24, 2.45) is 5.16 Å². The van der Waals surface area contributed by atoms with Gasteiger partial charge in [-0.05, 0) is 30.3 Å². The monoisotopic (exact) mass is 336 g/mol. The Morgan fingerprint density at radius 2 is 2.09 bits per heavy atom. The summed E-state index contributed by atoms with van der Waals surface area (Å²) in [7, 11) is 0. The second-order valence-corrected chi connectivity index (χ2v) is 5.37. The molecule has 23 heavy (non-hydrogen) atoms. The van der Waals surface area contributed by atoms with Crippen LogP contribution >= 0.6 is 11.6 Å². The highest BCUT2D eigenvalue weighted by Gasteiger charge is 2.29. The van der Waals surface area contributed by atoms with Gasteiger partial charge in [-0.15, -0.1) is 0 Å². The summed E-state index contributed by atoms with van der Waals surface area (Å²) in [6.45, 7) is 0. The molecule has 0 aliphatic carbocycles. The molecule has 118 valence electrons. The number of benzene rings is 2. The zero-order chi connectivity index (χ0) is 16.4. The molecule has 7 heteroatoms. The minimum Gasteiger partial charge on any atom is -0.382 e. The number of halogens is 3. The maximum absolute atomic E-state index is 13.2. The zero-order valence-electron chi connectivity index (χ0n) is 11.7. The summed E-state index contributed by atoms with van der Waals surface area (Å²) in [4.78, 5) is 17.2. The Hall–Kier alpha value is -2.47. The number of rotatable bonds is 3. The molecule has 0 radical (unpaired) electrons. The highest BCUT2D eigenvalue weighted by atomic mass is 35.5. The van der Waals surface area contributed by atoms with E-state index in [1.54, 1.807) is 12.1 Å². The normalized spacial score (nSPS) is 16.7. The van der Waals surface area contributed by atoms with E-state index in [-0.39, 0.29) is 17.3 Å². The molecular weight excluding hydrogens is 326 g/mol. The van der Waals surface area contributed by atoms with E-state index in [0.29, 0.717) is 17.0 Å². The van der Waals surface area contributed by atoms with Crippen LogP contribution in [0.3, 0.4) is 0 Å². The lowest BCUT2D eigenvalue weighted by Crippen LogP contribution is -2.28. The lowest BCUT2D eigenvalue weighted by molar-refractivity contribution is -0.125. The molecule has 0 fully saturated rings. The van der Waals surface area contributed by atoms with Gasteiger partial charge in [0, 0.05) is 17.7 Å². The van der Waals surface area contributed by atoms with Crippen molar-refractivity contribution in [3.05, 3.63) is 64.7 Å². The summed E-state index contributed by atoms with van der Waals surface area (Å²) in [6, 6.07) is 9.74. The van der Waals surface area contributed by atoms with Crippen molar-refractivity contribution in [3.8, 4) is 0 Å². The van der Waals surface area contributed by atoms with Gasteiger partial charge in [0.2, 0.25) is 6.10 Å². The molecule has 0 saturated carbocycles. The fourth-order valence-corrected chi connectivity index (χ4v) is 2.33. The second-order valence-electron chi connectivity index (χ2n) is 4.96. The van der Waals surface area contributed by atoms with Crippen molar-refractivity contribution in [1.82, 2.24) is 0 Å². The number of hydrogen-bond donors (Lipinski definition) is 1. The van der Waals surface area contributed by atoms with Crippen LogP contribution in [0.1, 0.15) is 12.0 Å². The van der Waals surface area contributed by atoms with Crippen LogP contribution in [-0.4, -0.2) is 17.7 Å². The Labute approximate surface area is 135 Å². The van der Waals surface area contributed by atoms with Crippen molar-refractivity contribution in [2.45, 2.75) is 12.5 Å². The van der Waals surface area contributed by atoms with Gasteiger partial charge >= 0.3 is 0 Å². The maximum Gasteiger partial charge on any atom is 0.268 e. The highest BCUT2D eigenvalue weighted by molar-refractivity contribution is 6.31. The van der Waals surface area contributed by atoms with E-state index in [4.69, 9.17) is 16.4 Å². The van der Waals surface area contributed by atoms with Crippen LogP contribution in [0.25, 0.3) is 0 Å². The number of anilines is 1. The number of carbonyl (C=O) groups is 1. The summed E-state index contributed by atoms with van der Waals surface area (Å²) < 4.78 is 26.3. The van der Waals surface area contributed by atoms with Crippen LogP contribution in [0.2, 0.25) is 5.02 Å². The van der Waals surface area contributed by atoms with Gasteiger partial charge in [0.1, 0.15) is 11.6 Å². The molecule has 1 atom stereocenters. The molecule has 1 heterocycles. The molecule has 1 N–H and O–H groups in total. The predicted octanol–water partition coefficient (Wildman–Crippen LogP) is 3.75. The van der Waals surface area contributed by atoms with Crippen LogP contribution in [0.4, 0.5) is 14.5 Å². The third-order valence-electron chi connectivity index (χ3n) is 3.31. The first-order valence-corrected chi connectivity index (χ1v) is 7.15. The summed E-state index contributed by atoms with van der Waals surface area (Å²) >= 11 is 5.66. The molecule has 3 rings (SSSR count). The highest BCUT2D eigenvalue weighted by Crippen LogP contribution is 2.22. The van der Waals surface area contributed by atoms with E-state index >= 15 is 0 Å². The Morgan fingerprint density at radius 1 is 1.26 bits per heavy atom. The third-order valence-corrected chi connectivity index (χ3v) is 3.60. The Balaban J connectivity index is 1.65. The average Bonchev–Trinajstić information content (AvgIpc) is 3.01. The molecule has 2 aromatic rings. The summed E-state index contributed by atoms with van der Waals surface area (Å²) in [5.41, 5.74) is 1.40. The van der Waals surface area contributed by atoms with E-state index < -0.39 is 17.8 Å². The van der Waals surface area contributed by atoms with E-state index in [2.05, 4.69) is 10.5 Å². The van der Waals surface area contributed by atoms with Gasteiger partial charge in [-0.3, -0.25) is 4.79 Å². The molecular formula is C16H11ClF2N2O2. The van der Waals surface area contributed by atoms with Gasteiger partial charge in [0.05, 0.1) is 10.7 Å². The fraction of sp³-hybridized carbons (Fsp3) is 0.125. The van der Waals surface area contributed by atoms with Crippen LogP contribution in [0, 0.1) is 11.6 Å². The van der Waals surface area contributed by atoms with Gasteiger partial charge in [0.15, 0.2) is 0 Å². The molecule has 0 spiro atoms. The summed E-state index contributed by atoms with van der Waals surface area (Å²) in [5.74, 6) is -1.40. The van der Waals surface area contributed by atoms with Gasteiger partial charge < -0.3 is 10.2 Å². The zero-order valence-corrected chi connectivity index (χ0v) is 12.5. The Kier molecular flexibility index (Phi) is 4.25. The van der Waals surface area contributed by atoms with Crippen LogP contribution < -0.4 is 5.32 Å². The maximum atomic E-state index is 13.2. The number of oxime groups is 1. The van der Waals surface area contributed by atoms with Crippen LogP contribution in [-0.2, 0) is 9.63 Å². The number of hydrogen-bond acceptors (Lipinski definition) is 3. The average molecular weight is 337 g/mol. The largest absolute Gasteiger partial charge is 0.382 e. The topological polar surface area (TPSA) is 50.7 Å². The Bertz CT molecular complexity index is 795. The molecule has 4 nitrogen and oxygen atoms in total. The smallest absolute Gasteiger partial charge is 0.268 e. The molecule has 1 aliphatic rings. The van der Waals surface area contributed by atoms with E-state index in [1.165, 1.54) is 24.3 Å². The molecule has 1 amide bonds. The molecule has 0 bridgehead atoms. The predicted molar refractivity (Wildman–Crippen MR) is 82.5 cm³/mol. The Morgan fingerprint density at radius 3 is 2.83 bits per heavy atom. The summed E-state index contributed by atoms with van der Waals surface area (Å²) in [5, 5.41) is 6.31. The first-order valence-electron chi connectivity index (χ1n) is 6.77. The molecule has 0 saturated heterocycles. The molecule has 2 aromatic carbocycles. The van der Waals surface area contributed by atoms with Crippen LogP contribution in [0.15, 0.2) is 47.6 Å². The summed E-state index contributed by atoms with van der Waals surface area (Å²) in [6.07, 6.45) is -0.624. The quantitative estimate of drug-likeness (QED) is 0.928. The van der Waals surface area contributed by atoms with Crippen molar-refractivity contribution < 1.29 is 18.4 Å². The molecule has 1 unspecified atom stereocenters. The lowest BCUT2D eigenvalue weighted by atomic mass is 10.0. The van der Waals surface area contributed by atoms with Gasteiger partial charge in [-0.25, -0.2) is 8.78 Å². The number of nitrogens with zero attached hydrogens (tertiary/aromatic N) is 1. The first kappa shape index (κ1) is 15.4. The van der Waals surface area contributed by atoms with Crippen molar-refractivity contribution in [1.29, 1.82) is 0 Å². The van der Waals surface area contributed by atoms with Gasteiger partial charge in [-0.2, -0.15) is 0 Å². The molecule has 0 aromatic heterocycles. The molecule has 1 aliphatic heterocycles. The number of amides is 1. The fourth-order valence-electron chi connectivity index (χ4n) is 2.15. The third kappa shape index (κ3) is 3.48. The van der Waals surface area contributed by atoms with E-state index in [1.807, 2.05) is 0 Å². The first-order chi connectivity index (χ1) is 11.0. The number of nitrogens with one attached hydrogen (secondary N) is 1. The second kappa shape index (κ2) is 6.34. The van der Waals surface area contributed by atoms with Crippen molar-refractivity contribution >= 4 is 28.9 Å².